The summed E-state index contributed by atoms with van der Waals surface area (Å²) in [4.78, 5) is 22.7. The van der Waals surface area contributed by atoms with Crippen LogP contribution in [0.15, 0.2) is 0 Å². The van der Waals surface area contributed by atoms with Crippen molar-refractivity contribution in [3.8, 4) is 0 Å². The average Bonchev–Trinajstić information content (AvgIpc) is 2.91. The fourth-order valence-electron chi connectivity index (χ4n) is 3.58. The van der Waals surface area contributed by atoms with Crippen LogP contribution in [0.1, 0.15) is 45.4 Å². The van der Waals surface area contributed by atoms with E-state index in [1.807, 2.05) is 6.92 Å². The van der Waals surface area contributed by atoms with Crippen molar-refractivity contribution in [2.24, 2.45) is 23.7 Å². The van der Waals surface area contributed by atoms with Crippen molar-refractivity contribution in [2.75, 3.05) is 6.54 Å². The summed E-state index contributed by atoms with van der Waals surface area (Å²) in [5, 5.41) is 11.7. The van der Waals surface area contributed by atoms with E-state index < -0.39 is 11.9 Å². The molecule has 4 heteroatoms. The molecule has 2 saturated carbocycles. The number of hydrogen-bond donors (Lipinski definition) is 2. The first-order valence-corrected chi connectivity index (χ1v) is 7.09. The molecule has 1 amide bonds. The number of aliphatic carboxylic acids is 1. The number of nitrogens with one attached hydrogen (secondary N) is 1. The van der Waals surface area contributed by atoms with Crippen LogP contribution in [0.25, 0.3) is 0 Å². The van der Waals surface area contributed by atoms with Crippen molar-refractivity contribution in [3.05, 3.63) is 0 Å². The summed E-state index contributed by atoms with van der Waals surface area (Å²) in [5.41, 5.74) is 0. The van der Waals surface area contributed by atoms with Gasteiger partial charge in [0.05, 0.1) is 5.92 Å². The third-order valence-electron chi connectivity index (χ3n) is 4.72. The summed E-state index contributed by atoms with van der Waals surface area (Å²) >= 11 is 0. The van der Waals surface area contributed by atoms with Crippen LogP contribution in [-0.2, 0) is 9.59 Å². The molecule has 0 aromatic carbocycles. The van der Waals surface area contributed by atoms with Crippen LogP contribution in [0, 0.1) is 23.7 Å². The van der Waals surface area contributed by atoms with E-state index >= 15 is 0 Å². The van der Waals surface area contributed by atoms with Gasteiger partial charge in [-0.15, -0.1) is 0 Å². The zero-order valence-electron chi connectivity index (χ0n) is 11.0. The molecular weight excluding hydrogens is 230 g/mol. The molecule has 0 aromatic heterocycles. The first-order chi connectivity index (χ1) is 8.60. The van der Waals surface area contributed by atoms with Crippen molar-refractivity contribution >= 4 is 11.9 Å². The van der Waals surface area contributed by atoms with Crippen molar-refractivity contribution in [2.45, 2.75) is 45.4 Å². The zero-order chi connectivity index (χ0) is 13.1. The zero-order valence-corrected chi connectivity index (χ0v) is 11.0. The molecule has 2 N–H and O–H groups in total. The van der Waals surface area contributed by atoms with Crippen molar-refractivity contribution in [1.82, 2.24) is 5.32 Å². The van der Waals surface area contributed by atoms with Gasteiger partial charge in [0.1, 0.15) is 0 Å². The normalized spacial score (nSPS) is 31.3. The predicted molar refractivity (Wildman–Crippen MR) is 68.0 cm³/mol. The lowest BCUT2D eigenvalue weighted by molar-refractivity contribution is -0.141. The van der Waals surface area contributed by atoms with E-state index in [0.717, 1.165) is 11.8 Å². The lowest BCUT2D eigenvalue weighted by Crippen LogP contribution is -2.34. The molecule has 0 heterocycles. The third kappa shape index (κ3) is 3.03. The van der Waals surface area contributed by atoms with Crippen LogP contribution in [0.2, 0.25) is 0 Å². The van der Waals surface area contributed by atoms with E-state index in [0.29, 0.717) is 18.8 Å². The molecule has 4 atom stereocenters. The number of carboxylic acid groups (broad SMARTS) is 1. The standard InChI is InChI=1S/C14H23NO3/c1-2-10(14(17)18)8-15-13(16)7-12-6-9-3-4-11(12)5-9/h9-12H,2-8H2,1H3,(H,15,16)(H,17,18). The fraction of sp³-hybridized carbons (Fsp3) is 0.857. The fourth-order valence-corrected chi connectivity index (χ4v) is 3.58. The van der Waals surface area contributed by atoms with Crippen LogP contribution in [0.4, 0.5) is 0 Å². The van der Waals surface area contributed by atoms with Gasteiger partial charge >= 0.3 is 5.97 Å². The van der Waals surface area contributed by atoms with E-state index in [9.17, 15) is 9.59 Å². The maximum Gasteiger partial charge on any atom is 0.308 e. The van der Waals surface area contributed by atoms with Gasteiger partial charge in [-0.05, 0) is 43.4 Å². The van der Waals surface area contributed by atoms with E-state index in [-0.39, 0.29) is 12.5 Å². The Hall–Kier alpha value is -1.06. The molecule has 0 spiro atoms. The lowest BCUT2D eigenvalue weighted by atomic mass is 9.86. The van der Waals surface area contributed by atoms with Gasteiger partial charge in [-0.2, -0.15) is 0 Å². The Bertz CT molecular complexity index is 329. The Morgan fingerprint density at radius 2 is 2.11 bits per heavy atom. The summed E-state index contributed by atoms with van der Waals surface area (Å²) in [6.45, 7) is 2.10. The monoisotopic (exact) mass is 253 g/mol. The number of rotatable bonds is 6. The topological polar surface area (TPSA) is 66.4 Å². The van der Waals surface area contributed by atoms with Crippen LogP contribution in [-0.4, -0.2) is 23.5 Å². The minimum absolute atomic E-state index is 0.0345. The van der Waals surface area contributed by atoms with Gasteiger partial charge in [0.25, 0.3) is 0 Å². The molecule has 0 radical (unpaired) electrons. The lowest BCUT2D eigenvalue weighted by Gasteiger charge is -2.21. The number of amides is 1. The summed E-state index contributed by atoms with van der Waals surface area (Å²) in [6.07, 6.45) is 6.30. The summed E-state index contributed by atoms with van der Waals surface area (Å²) < 4.78 is 0. The Kier molecular flexibility index (Phi) is 4.25. The molecule has 18 heavy (non-hydrogen) atoms. The molecule has 2 fully saturated rings. The van der Waals surface area contributed by atoms with Crippen molar-refractivity contribution in [3.63, 3.8) is 0 Å². The van der Waals surface area contributed by atoms with Gasteiger partial charge in [0.2, 0.25) is 5.91 Å². The molecule has 0 saturated heterocycles. The molecule has 2 bridgehead atoms. The van der Waals surface area contributed by atoms with Crippen LogP contribution < -0.4 is 5.32 Å². The van der Waals surface area contributed by atoms with Gasteiger partial charge < -0.3 is 10.4 Å². The smallest absolute Gasteiger partial charge is 0.308 e. The number of fused-ring (bicyclic) bond motifs is 2. The average molecular weight is 253 g/mol. The Balaban J connectivity index is 1.71. The molecule has 4 nitrogen and oxygen atoms in total. The molecule has 0 aromatic rings. The SMILES string of the molecule is CCC(CNC(=O)CC1CC2CCC1C2)C(=O)O. The second kappa shape index (κ2) is 5.72. The highest BCUT2D eigenvalue weighted by molar-refractivity contribution is 5.77. The van der Waals surface area contributed by atoms with E-state index in [2.05, 4.69) is 5.32 Å². The number of carbonyl (C=O) groups excluding carboxylic acids is 1. The number of hydrogen-bond acceptors (Lipinski definition) is 2. The minimum Gasteiger partial charge on any atom is -0.481 e. The van der Waals surface area contributed by atoms with Crippen LogP contribution in [0.5, 0.6) is 0 Å². The van der Waals surface area contributed by atoms with Crippen LogP contribution >= 0.6 is 0 Å². The van der Waals surface area contributed by atoms with Crippen LogP contribution in [0.3, 0.4) is 0 Å². The molecule has 0 aliphatic heterocycles. The summed E-state index contributed by atoms with van der Waals surface area (Å²) in [5.74, 6) is 0.921. The highest BCUT2D eigenvalue weighted by atomic mass is 16.4. The van der Waals surface area contributed by atoms with Crippen molar-refractivity contribution < 1.29 is 14.7 Å². The first kappa shape index (κ1) is 13.4. The quantitative estimate of drug-likeness (QED) is 0.761. The second-order valence-electron chi connectivity index (χ2n) is 5.89. The summed E-state index contributed by atoms with van der Waals surface area (Å²) in [7, 11) is 0. The molecule has 4 unspecified atom stereocenters. The highest BCUT2D eigenvalue weighted by Crippen LogP contribution is 2.49. The first-order valence-electron chi connectivity index (χ1n) is 7.09. The van der Waals surface area contributed by atoms with E-state index in [1.165, 1.54) is 25.7 Å². The minimum atomic E-state index is -0.822. The largest absolute Gasteiger partial charge is 0.481 e. The maximum atomic E-state index is 11.8. The molecular formula is C14H23NO3. The predicted octanol–water partition coefficient (Wildman–Crippen LogP) is 2.04. The molecule has 2 aliphatic carbocycles. The maximum absolute atomic E-state index is 11.8. The Morgan fingerprint density at radius 3 is 2.61 bits per heavy atom. The van der Waals surface area contributed by atoms with Gasteiger partial charge in [-0.1, -0.05) is 13.3 Å². The van der Waals surface area contributed by atoms with E-state index in [1.54, 1.807) is 0 Å². The molecule has 102 valence electrons. The molecule has 2 rings (SSSR count). The Morgan fingerprint density at radius 1 is 1.33 bits per heavy atom. The van der Waals surface area contributed by atoms with Crippen molar-refractivity contribution in [1.29, 1.82) is 0 Å². The number of carboxylic acids is 1. The Labute approximate surface area is 108 Å². The number of carbonyl (C=O) groups is 2. The van der Waals surface area contributed by atoms with Gasteiger partial charge in [0, 0.05) is 13.0 Å². The second-order valence-corrected chi connectivity index (χ2v) is 5.89. The van der Waals surface area contributed by atoms with Gasteiger partial charge in [0.15, 0.2) is 0 Å². The van der Waals surface area contributed by atoms with Gasteiger partial charge in [-0.3, -0.25) is 9.59 Å². The van der Waals surface area contributed by atoms with E-state index in [4.69, 9.17) is 5.11 Å². The molecule has 2 aliphatic rings. The highest BCUT2D eigenvalue weighted by Gasteiger charge is 2.40. The van der Waals surface area contributed by atoms with Gasteiger partial charge in [-0.25, -0.2) is 0 Å². The third-order valence-corrected chi connectivity index (χ3v) is 4.72. The summed E-state index contributed by atoms with van der Waals surface area (Å²) in [6, 6.07) is 0.